The third kappa shape index (κ3) is 2.63. The van der Waals surface area contributed by atoms with Gasteiger partial charge in [0.1, 0.15) is 12.1 Å². The first-order valence-corrected chi connectivity index (χ1v) is 5.50. The van der Waals surface area contributed by atoms with E-state index >= 15 is 0 Å². The molecule has 20 heavy (non-hydrogen) atoms. The summed E-state index contributed by atoms with van der Waals surface area (Å²) in [5.74, 6) is -0.763. The third-order valence-corrected chi connectivity index (χ3v) is 2.49. The Morgan fingerprint density at radius 1 is 1.35 bits per heavy atom. The standard InChI is InChI=1S/C12H10FN3O4/c1-7-11(13)12(15-6-14-7)20-8-3-4-9(16(17)18)10(5-8)19-2/h3-6H,1-2H3. The number of hydrogen-bond acceptors (Lipinski definition) is 6. The van der Waals surface area contributed by atoms with Crippen molar-refractivity contribution in [3.63, 3.8) is 0 Å². The van der Waals surface area contributed by atoms with Gasteiger partial charge in [0.15, 0.2) is 0 Å². The molecule has 0 unspecified atom stereocenters. The van der Waals surface area contributed by atoms with Crippen LogP contribution in [0, 0.1) is 22.9 Å². The molecule has 8 heteroatoms. The Morgan fingerprint density at radius 2 is 2.10 bits per heavy atom. The zero-order valence-corrected chi connectivity index (χ0v) is 10.7. The van der Waals surface area contributed by atoms with Crippen molar-refractivity contribution < 1.29 is 18.8 Å². The number of aromatic nitrogens is 2. The molecule has 2 rings (SSSR count). The molecule has 7 nitrogen and oxygen atoms in total. The van der Waals surface area contributed by atoms with Crippen LogP contribution in [0.1, 0.15) is 5.69 Å². The predicted molar refractivity (Wildman–Crippen MR) is 66.4 cm³/mol. The van der Waals surface area contributed by atoms with Crippen molar-refractivity contribution in [1.29, 1.82) is 0 Å². The van der Waals surface area contributed by atoms with Gasteiger partial charge in [-0.25, -0.2) is 4.98 Å². The minimum absolute atomic E-state index is 0.0127. The van der Waals surface area contributed by atoms with Crippen molar-refractivity contribution in [2.45, 2.75) is 6.92 Å². The van der Waals surface area contributed by atoms with Crippen molar-refractivity contribution in [3.8, 4) is 17.4 Å². The molecule has 1 heterocycles. The van der Waals surface area contributed by atoms with Gasteiger partial charge < -0.3 is 9.47 Å². The minimum Gasteiger partial charge on any atom is -0.490 e. The topological polar surface area (TPSA) is 87.4 Å². The molecule has 1 aromatic carbocycles. The summed E-state index contributed by atoms with van der Waals surface area (Å²) in [6.07, 6.45) is 1.16. The number of aryl methyl sites for hydroxylation is 1. The number of halogens is 1. The highest BCUT2D eigenvalue weighted by molar-refractivity contribution is 5.51. The van der Waals surface area contributed by atoms with E-state index in [1.807, 2.05) is 0 Å². The molecule has 0 amide bonds. The van der Waals surface area contributed by atoms with E-state index in [9.17, 15) is 14.5 Å². The average Bonchev–Trinajstić information content (AvgIpc) is 2.43. The molecule has 0 N–H and O–H groups in total. The first-order chi connectivity index (χ1) is 9.52. The zero-order valence-electron chi connectivity index (χ0n) is 10.7. The van der Waals surface area contributed by atoms with Gasteiger partial charge in [-0.2, -0.15) is 9.37 Å². The first-order valence-electron chi connectivity index (χ1n) is 5.50. The fraction of sp³-hybridized carbons (Fsp3) is 0.167. The van der Waals surface area contributed by atoms with Crippen LogP contribution in [0.5, 0.6) is 17.4 Å². The molecule has 0 saturated heterocycles. The maximum absolute atomic E-state index is 13.7. The molecule has 0 aliphatic rings. The van der Waals surface area contributed by atoms with E-state index < -0.39 is 10.7 Å². The second-order valence-electron chi connectivity index (χ2n) is 3.77. The number of benzene rings is 1. The lowest BCUT2D eigenvalue weighted by Gasteiger charge is -2.08. The monoisotopic (exact) mass is 279 g/mol. The largest absolute Gasteiger partial charge is 0.490 e. The summed E-state index contributed by atoms with van der Waals surface area (Å²) < 4.78 is 23.8. The maximum atomic E-state index is 13.7. The smallest absolute Gasteiger partial charge is 0.311 e. The van der Waals surface area contributed by atoms with Crippen LogP contribution in [0.4, 0.5) is 10.1 Å². The number of nitro benzene ring substituents is 1. The van der Waals surface area contributed by atoms with E-state index in [2.05, 4.69) is 9.97 Å². The Labute approximate surface area is 113 Å². The molecule has 104 valence electrons. The highest BCUT2D eigenvalue weighted by Crippen LogP contribution is 2.33. The van der Waals surface area contributed by atoms with Gasteiger partial charge in [0.2, 0.25) is 11.6 Å². The molecular formula is C12H10FN3O4. The van der Waals surface area contributed by atoms with Crippen LogP contribution in [-0.4, -0.2) is 22.0 Å². The van der Waals surface area contributed by atoms with Crippen LogP contribution in [0.3, 0.4) is 0 Å². The molecule has 0 saturated carbocycles. The molecule has 0 spiro atoms. The number of hydrogen-bond donors (Lipinski definition) is 0. The molecule has 0 fully saturated rings. The molecule has 2 aromatic rings. The lowest BCUT2D eigenvalue weighted by atomic mass is 10.3. The van der Waals surface area contributed by atoms with Gasteiger partial charge >= 0.3 is 5.69 Å². The lowest BCUT2D eigenvalue weighted by Crippen LogP contribution is -1.98. The Kier molecular flexibility index (Phi) is 3.74. The summed E-state index contributed by atoms with van der Waals surface area (Å²) in [7, 11) is 1.29. The van der Waals surface area contributed by atoms with Crippen LogP contribution in [0.2, 0.25) is 0 Å². The normalized spacial score (nSPS) is 10.2. The zero-order chi connectivity index (χ0) is 14.7. The average molecular weight is 279 g/mol. The van der Waals surface area contributed by atoms with Gasteiger partial charge in [-0.15, -0.1) is 0 Å². The van der Waals surface area contributed by atoms with E-state index in [0.717, 1.165) is 6.33 Å². The van der Waals surface area contributed by atoms with Crippen LogP contribution in [0.25, 0.3) is 0 Å². The van der Waals surface area contributed by atoms with Crippen LogP contribution in [0.15, 0.2) is 24.5 Å². The fourth-order valence-electron chi connectivity index (χ4n) is 1.49. The van der Waals surface area contributed by atoms with Gasteiger partial charge in [-0.3, -0.25) is 10.1 Å². The van der Waals surface area contributed by atoms with Gasteiger partial charge in [-0.05, 0) is 13.0 Å². The number of rotatable bonds is 4. The van der Waals surface area contributed by atoms with Crippen molar-refractivity contribution in [1.82, 2.24) is 9.97 Å². The van der Waals surface area contributed by atoms with E-state index in [-0.39, 0.29) is 28.8 Å². The minimum atomic E-state index is -0.690. The van der Waals surface area contributed by atoms with Crippen molar-refractivity contribution in [2.75, 3.05) is 7.11 Å². The Morgan fingerprint density at radius 3 is 2.75 bits per heavy atom. The van der Waals surface area contributed by atoms with E-state index in [1.54, 1.807) is 0 Å². The van der Waals surface area contributed by atoms with Crippen LogP contribution >= 0.6 is 0 Å². The summed E-state index contributed by atoms with van der Waals surface area (Å²) in [5, 5.41) is 10.8. The highest BCUT2D eigenvalue weighted by atomic mass is 19.1. The molecule has 1 aromatic heterocycles. The SMILES string of the molecule is COc1cc(Oc2ncnc(C)c2F)ccc1[N+](=O)[O-]. The maximum Gasteiger partial charge on any atom is 0.311 e. The summed E-state index contributed by atoms with van der Waals surface area (Å²) >= 11 is 0. The third-order valence-electron chi connectivity index (χ3n) is 2.49. The summed E-state index contributed by atoms with van der Waals surface area (Å²) in [6, 6.07) is 3.83. The highest BCUT2D eigenvalue weighted by Gasteiger charge is 2.17. The molecule has 0 atom stereocenters. The van der Waals surface area contributed by atoms with Crippen molar-refractivity contribution >= 4 is 5.69 Å². The Hall–Kier alpha value is -2.77. The number of methoxy groups -OCH3 is 1. The second kappa shape index (κ2) is 5.47. The van der Waals surface area contributed by atoms with Gasteiger partial charge in [-0.1, -0.05) is 0 Å². The Bertz CT molecular complexity index is 663. The van der Waals surface area contributed by atoms with Gasteiger partial charge in [0, 0.05) is 12.1 Å². The van der Waals surface area contributed by atoms with Crippen molar-refractivity contribution in [3.05, 3.63) is 46.2 Å². The molecule has 0 aliphatic heterocycles. The predicted octanol–water partition coefficient (Wildman–Crippen LogP) is 2.63. The van der Waals surface area contributed by atoms with E-state index in [1.165, 1.54) is 32.2 Å². The first kappa shape index (κ1) is 13.7. The summed E-state index contributed by atoms with van der Waals surface area (Å²) in [6.45, 7) is 1.47. The number of ether oxygens (including phenoxy) is 2. The van der Waals surface area contributed by atoms with Gasteiger partial charge in [0.25, 0.3) is 5.88 Å². The quantitative estimate of drug-likeness (QED) is 0.631. The molecule has 0 aliphatic carbocycles. The number of nitrogens with zero attached hydrogens (tertiary/aromatic N) is 3. The molecule has 0 radical (unpaired) electrons. The summed E-state index contributed by atoms with van der Waals surface area (Å²) in [5.41, 5.74) is -0.0666. The lowest BCUT2D eigenvalue weighted by molar-refractivity contribution is -0.385. The van der Waals surface area contributed by atoms with E-state index in [0.29, 0.717) is 0 Å². The Balaban J connectivity index is 2.35. The summed E-state index contributed by atoms with van der Waals surface area (Å²) in [4.78, 5) is 17.5. The van der Waals surface area contributed by atoms with Crippen LogP contribution in [-0.2, 0) is 0 Å². The second-order valence-corrected chi connectivity index (χ2v) is 3.77. The van der Waals surface area contributed by atoms with Crippen molar-refractivity contribution in [2.24, 2.45) is 0 Å². The van der Waals surface area contributed by atoms with E-state index in [4.69, 9.17) is 9.47 Å². The van der Waals surface area contributed by atoms with Crippen LogP contribution < -0.4 is 9.47 Å². The molecular weight excluding hydrogens is 269 g/mol. The molecule has 0 bridgehead atoms. The van der Waals surface area contributed by atoms with Gasteiger partial charge in [0.05, 0.1) is 17.7 Å². The number of nitro groups is 1. The fourth-order valence-corrected chi connectivity index (χ4v) is 1.49.